The van der Waals surface area contributed by atoms with Gasteiger partial charge in [-0.2, -0.15) is 0 Å². The van der Waals surface area contributed by atoms with Gasteiger partial charge in [0.1, 0.15) is 0 Å². The molecule has 0 fully saturated rings. The molecule has 1 aromatic carbocycles. The summed E-state index contributed by atoms with van der Waals surface area (Å²) in [6.07, 6.45) is 0. The minimum atomic E-state index is 0.356. The van der Waals surface area contributed by atoms with Crippen molar-refractivity contribution in [1.29, 1.82) is 0 Å². The van der Waals surface area contributed by atoms with Crippen molar-refractivity contribution < 1.29 is 0 Å². The van der Waals surface area contributed by atoms with E-state index in [4.69, 9.17) is 0 Å². The van der Waals surface area contributed by atoms with E-state index in [1.165, 1.54) is 20.5 Å². The number of aryl methyl sites for hydroxylation is 1. The van der Waals surface area contributed by atoms with E-state index in [9.17, 15) is 0 Å². The lowest BCUT2D eigenvalue weighted by Gasteiger charge is -2.20. The first-order chi connectivity index (χ1) is 8.58. The third-order valence-corrected chi connectivity index (χ3v) is 5.17. The summed E-state index contributed by atoms with van der Waals surface area (Å²) in [5, 5.41) is 5.76. The molecule has 0 aliphatic carbocycles. The molecule has 0 aliphatic rings. The highest BCUT2D eigenvalue weighted by atomic mass is 79.9. The molecule has 2 aromatic rings. The van der Waals surface area contributed by atoms with Crippen LogP contribution < -0.4 is 5.32 Å². The van der Waals surface area contributed by atoms with Crippen LogP contribution in [0, 0.1) is 6.92 Å². The largest absolute Gasteiger partial charge is 0.303 e. The van der Waals surface area contributed by atoms with Crippen molar-refractivity contribution in [1.82, 2.24) is 5.32 Å². The maximum atomic E-state index is 3.64. The van der Waals surface area contributed by atoms with E-state index in [1.807, 2.05) is 0 Å². The van der Waals surface area contributed by atoms with Gasteiger partial charge in [0.2, 0.25) is 0 Å². The molecule has 2 atom stereocenters. The fourth-order valence-corrected chi connectivity index (χ4v) is 3.75. The molecule has 0 saturated carbocycles. The van der Waals surface area contributed by atoms with Crippen LogP contribution in [0.25, 0.3) is 0 Å². The number of hydrogen-bond donors (Lipinski definition) is 1. The van der Waals surface area contributed by atoms with E-state index in [-0.39, 0.29) is 0 Å². The second kappa shape index (κ2) is 6.00. The molecule has 1 aromatic heterocycles. The van der Waals surface area contributed by atoms with Crippen molar-refractivity contribution in [2.45, 2.75) is 32.9 Å². The Morgan fingerprint density at radius 3 is 2.28 bits per heavy atom. The van der Waals surface area contributed by atoms with Crippen LogP contribution in [0.4, 0.5) is 0 Å². The third kappa shape index (κ3) is 3.22. The molecule has 18 heavy (non-hydrogen) atoms. The predicted molar refractivity (Wildman–Crippen MR) is 83.2 cm³/mol. The average Bonchev–Trinajstić information content (AvgIpc) is 2.76. The maximum Gasteiger partial charge on any atom is 0.0402 e. The van der Waals surface area contributed by atoms with E-state index in [1.54, 1.807) is 11.3 Å². The topological polar surface area (TPSA) is 12.0 Å². The molecule has 1 N–H and O–H groups in total. The quantitative estimate of drug-likeness (QED) is 0.812. The molecule has 0 spiro atoms. The molecular formula is C15H18BrNS. The van der Waals surface area contributed by atoms with E-state index in [0.717, 1.165) is 0 Å². The first kappa shape index (κ1) is 13.8. The number of rotatable bonds is 4. The Morgan fingerprint density at radius 2 is 1.72 bits per heavy atom. The maximum absolute atomic E-state index is 3.64. The van der Waals surface area contributed by atoms with Crippen LogP contribution in [0.2, 0.25) is 0 Å². The van der Waals surface area contributed by atoms with E-state index in [2.05, 4.69) is 77.7 Å². The number of nitrogens with one attached hydrogen (secondary N) is 1. The van der Waals surface area contributed by atoms with Gasteiger partial charge in [-0.15, -0.1) is 11.3 Å². The second-order valence-corrected chi connectivity index (χ2v) is 6.46. The molecular weight excluding hydrogens is 306 g/mol. The minimum Gasteiger partial charge on any atom is -0.303 e. The summed E-state index contributed by atoms with van der Waals surface area (Å²) in [5.41, 5.74) is 2.64. The van der Waals surface area contributed by atoms with Crippen molar-refractivity contribution in [2.75, 3.05) is 0 Å². The summed E-state index contributed by atoms with van der Waals surface area (Å²) in [4.78, 5) is 1.36. The van der Waals surface area contributed by atoms with Crippen LogP contribution in [0.15, 0.2) is 40.2 Å². The molecule has 0 radical (unpaired) electrons. The van der Waals surface area contributed by atoms with Gasteiger partial charge in [-0.05, 0) is 53.7 Å². The van der Waals surface area contributed by atoms with Gasteiger partial charge in [0.25, 0.3) is 0 Å². The van der Waals surface area contributed by atoms with Gasteiger partial charge in [-0.3, -0.25) is 0 Å². The normalized spacial score (nSPS) is 14.4. The van der Waals surface area contributed by atoms with Crippen molar-refractivity contribution in [2.24, 2.45) is 0 Å². The summed E-state index contributed by atoms with van der Waals surface area (Å²) >= 11 is 5.38. The fraction of sp³-hybridized carbons (Fsp3) is 0.333. The molecule has 0 aliphatic heterocycles. The minimum absolute atomic E-state index is 0.356. The van der Waals surface area contributed by atoms with Crippen LogP contribution in [0.5, 0.6) is 0 Å². The summed E-state index contributed by atoms with van der Waals surface area (Å²) in [6.45, 7) is 6.54. The Hall–Kier alpha value is -0.640. The third-order valence-electron chi connectivity index (χ3n) is 3.12. The highest BCUT2D eigenvalue weighted by Gasteiger charge is 2.14. The van der Waals surface area contributed by atoms with Crippen LogP contribution >= 0.6 is 27.3 Å². The van der Waals surface area contributed by atoms with E-state index in [0.29, 0.717) is 12.1 Å². The Labute approximate surface area is 121 Å². The van der Waals surface area contributed by atoms with Crippen LogP contribution in [-0.4, -0.2) is 0 Å². The lowest BCUT2D eigenvalue weighted by atomic mass is 10.1. The van der Waals surface area contributed by atoms with Gasteiger partial charge in [0.15, 0.2) is 0 Å². The highest BCUT2D eigenvalue weighted by Crippen LogP contribution is 2.30. The zero-order valence-electron chi connectivity index (χ0n) is 10.9. The lowest BCUT2D eigenvalue weighted by molar-refractivity contribution is 0.499. The first-order valence-electron chi connectivity index (χ1n) is 6.13. The summed E-state index contributed by atoms with van der Waals surface area (Å²) < 4.78 is 1.20. The molecule has 1 heterocycles. The molecule has 96 valence electrons. The molecule has 3 heteroatoms. The average molecular weight is 324 g/mol. The molecule has 2 rings (SSSR count). The summed E-state index contributed by atoms with van der Waals surface area (Å²) in [5.74, 6) is 0. The number of thiophene rings is 1. The summed E-state index contributed by atoms with van der Waals surface area (Å²) in [7, 11) is 0. The van der Waals surface area contributed by atoms with E-state index >= 15 is 0 Å². The molecule has 1 unspecified atom stereocenters. The Bertz CT molecular complexity index is 503. The molecule has 1 nitrogen and oxygen atoms in total. The van der Waals surface area contributed by atoms with Gasteiger partial charge >= 0.3 is 0 Å². The van der Waals surface area contributed by atoms with Gasteiger partial charge in [-0.25, -0.2) is 0 Å². The molecule has 0 amide bonds. The van der Waals surface area contributed by atoms with Crippen molar-refractivity contribution in [3.63, 3.8) is 0 Å². The van der Waals surface area contributed by atoms with Gasteiger partial charge in [0.05, 0.1) is 0 Å². The highest BCUT2D eigenvalue weighted by molar-refractivity contribution is 9.10. The smallest absolute Gasteiger partial charge is 0.0402 e. The standard InChI is InChI=1S/C15H18BrNS/c1-10-4-6-13(7-5-10)11(2)17-12(3)15-14(16)8-9-18-15/h4-9,11-12,17H,1-3H3/t11-,12?/m1/s1. The zero-order chi connectivity index (χ0) is 13.1. The fourth-order valence-electron chi connectivity index (χ4n) is 2.02. The SMILES string of the molecule is Cc1ccc([C@@H](C)NC(C)c2sccc2Br)cc1. The van der Waals surface area contributed by atoms with Gasteiger partial charge < -0.3 is 5.32 Å². The Balaban J connectivity index is 2.05. The van der Waals surface area contributed by atoms with Crippen molar-refractivity contribution in [3.05, 3.63) is 56.2 Å². The predicted octanol–water partition coefficient (Wildman–Crippen LogP) is 5.23. The molecule has 0 saturated heterocycles. The van der Waals surface area contributed by atoms with E-state index < -0.39 is 0 Å². The van der Waals surface area contributed by atoms with Crippen LogP contribution in [-0.2, 0) is 0 Å². The number of halogens is 1. The number of benzene rings is 1. The lowest BCUT2D eigenvalue weighted by Crippen LogP contribution is -2.22. The first-order valence-corrected chi connectivity index (χ1v) is 7.80. The van der Waals surface area contributed by atoms with Gasteiger partial charge in [-0.1, -0.05) is 29.8 Å². The van der Waals surface area contributed by atoms with Crippen LogP contribution in [0.3, 0.4) is 0 Å². The second-order valence-electron chi connectivity index (χ2n) is 4.65. The van der Waals surface area contributed by atoms with Crippen molar-refractivity contribution in [3.8, 4) is 0 Å². The Morgan fingerprint density at radius 1 is 1.06 bits per heavy atom. The van der Waals surface area contributed by atoms with Crippen LogP contribution in [0.1, 0.15) is 41.9 Å². The molecule has 0 bridgehead atoms. The van der Waals surface area contributed by atoms with Gasteiger partial charge in [0, 0.05) is 21.4 Å². The monoisotopic (exact) mass is 323 g/mol. The number of hydrogen-bond acceptors (Lipinski definition) is 2. The summed E-state index contributed by atoms with van der Waals surface area (Å²) in [6, 6.07) is 11.5. The van der Waals surface area contributed by atoms with Crippen molar-refractivity contribution >= 4 is 27.3 Å². The zero-order valence-corrected chi connectivity index (χ0v) is 13.3. The Kier molecular flexibility index (Phi) is 4.60.